The standard InChI is InChI=1S/C8H8O9/c9-3-17-4(10)1-2-8(5(11)12,6(13)14)7(15)16/h3H,1-2H2,(H,11,12)(H,13,14)(H,15,16). The normalized spacial score (nSPS) is 10.4. The summed E-state index contributed by atoms with van der Waals surface area (Å²) in [7, 11) is 0. The molecule has 0 bridgehead atoms. The number of esters is 1. The quantitative estimate of drug-likeness (QED) is 0.283. The zero-order valence-corrected chi connectivity index (χ0v) is 8.28. The Bertz CT molecular complexity index is 333. The van der Waals surface area contributed by atoms with Gasteiger partial charge in [-0.3, -0.25) is 24.0 Å². The van der Waals surface area contributed by atoms with Gasteiger partial charge in [-0.2, -0.15) is 0 Å². The molecule has 0 aliphatic rings. The molecule has 0 saturated carbocycles. The smallest absolute Gasteiger partial charge is 0.332 e. The first-order chi connectivity index (χ1) is 7.78. The fourth-order valence-electron chi connectivity index (χ4n) is 0.997. The van der Waals surface area contributed by atoms with Crippen LogP contribution in [0.15, 0.2) is 0 Å². The van der Waals surface area contributed by atoms with E-state index in [9.17, 15) is 24.0 Å². The van der Waals surface area contributed by atoms with Gasteiger partial charge < -0.3 is 20.1 Å². The van der Waals surface area contributed by atoms with Crippen molar-refractivity contribution in [1.29, 1.82) is 0 Å². The third-order valence-corrected chi connectivity index (χ3v) is 1.98. The van der Waals surface area contributed by atoms with Crippen LogP contribution in [0.4, 0.5) is 0 Å². The lowest BCUT2D eigenvalue weighted by Crippen LogP contribution is -2.46. The van der Waals surface area contributed by atoms with Crippen LogP contribution in [0.5, 0.6) is 0 Å². The Balaban J connectivity index is 5.01. The van der Waals surface area contributed by atoms with Gasteiger partial charge in [0.05, 0.1) is 0 Å². The summed E-state index contributed by atoms with van der Waals surface area (Å²) < 4.78 is 3.78. The lowest BCUT2D eigenvalue weighted by molar-refractivity contribution is -0.176. The molecule has 17 heavy (non-hydrogen) atoms. The van der Waals surface area contributed by atoms with Crippen molar-refractivity contribution >= 4 is 30.3 Å². The molecule has 3 N–H and O–H groups in total. The molecule has 0 heterocycles. The molecule has 0 radical (unpaired) electrons. The van der Waals surface area contributed by atoms with Gasteiger partial charge >= 0.3 is 30.3 Å². The Morgan fingerprint density at radius 2 is 1.41 bits per heavy atom. The van der Waals surface area contributed by atoms with Crippen LogP contribution in [0.3, 0.4) is 0 Å². The van der Waals surface area contributed by atoms with Crippen LogP contribution in [0.1, 0.15) is 12.8 Å². The number of carbonyl (C=O) groups excluding carboxylic acids is 2. The van der Waals surface area contributed by atoms with Crippen molar-refractivity contribution in [3.8, 4) is 0 Å². The minimum absolute atomic E-state index is 0.230. The lowest BCUT2D eigenvalue weighted by atomic mass is 9.83. The Kier molecular flexibility index (Phi) is 4.78. The van der Waals surface area contributed by atoms with E-state index in [0.717, 1.165) is 0 Å². The predicted octanol–water partition coefficient (Wildman–Crippen LogP) is -1.29. The topological polar surface area (TPSA) is 155 Å². The van der Waals surface area contributed by atoms with E-state index in [1.165, 1.54) is 0 Å². The highest BCUT2D eigenvalue weighted by atomic mass is 16.6. The Labute approximate surface area is 93.6 Å². The summed E-state index contributed by atoms with van der Waals surface area (Å²) in [6.07, 6.45) is -1.86. The van der Waals surface area contributed by atoms with Crippen LogP contribution < -0.4 is 0 Å². The number of hydrogen-bond donors (Lipinski definition) is 3. The van der Waals surface area contributed by atoms with Crippen molar-refractivity contribution in [3.05, 3.63) is 0 Å². The molecule has 0 fully saturated rings. The second-order valence-corrected chi connectivity index (χ2v) is 2.91. The van der Waals surface area contributed by atoms with Crippen LogP contribution in [0.2, 0.25) is 0 Å². The molecule has 0 unspecified atom stereocenters. The molecular weight excluding hydrogens is 240 g/mol. The second kappa shape index (κ2) is 5.58. The van der Waals surface area contributed by atoms with E-state index in [1.54, 1.807) is 0 Å². The molecule has 9 heteroatoms. The highest BCUT2D eigenvalue weighted by Gasteiger charge is 2.54. The minimum Gasteiger partial charge on any atom is -0.480 e. The van der Waals surface area contributed by atoms with E-state index in [0.29, 0.717) is 0 Å². The van der Waals surface area contributed by atoms with Gasteiger partial charge in [-0.05, 0) is 6.42 Å². The first-order valence-electron chi connectivity index (χ1n) is 4.12. The molecule has 9 nitrogen and oxygen atoms in total. The van der Waals surface area contributed by atoms with E-state index in [1.807, 2.05) is 0 Å². The maximum Gasteiger partial charge on any atom is 0.332 e. The molecule has 0 rings (SSSR count). The van der Waals surface area contributed by atoms with Crippen molar-refractivity contribution in [2.24, 2.45) is 5.41 Å². The van der Waals surface area contributed by atoms with Crippen molar-refractivity contribution < 1.29 is 44.0 Å². The highest BCUT2D eigenvalue weighted by Crippen LogP contribution is 2.25. The molecule has 0 aromatic rings. The van der Waals surface area contributed by atoms with Crippen molar-refractivity contribution in [2.45, 2.75) is 12.8 Å². The summed E-state index contributed by atoms with van der Waals surface area (Å²) in [5.41, 5.74) is -3.14. The number of ether oxygens (including phenoxy) is 1. The summed E-state index contributed by atoms with van der Waals surface area (Å²) in [5, 5.41) is 25.9. The van der Waals surface area contributed by atoms with Gasteiger partial charge in [-0.1, -0.05) is 0 Å². The molecule has 0 saturated heterocycles. The van der Waals surface area contributed by atoms with Crippen molar-refractivity contribution in [3.63, 3.8) is 0 Å². The van der Waals surface area contributed by atoms with Crippen LogP contribution in [-0.4, -0.2) is 45.7 Å². The molecular formula is C8H8O9. The summed E-state index contributed by atoms with van der Waals surface area (Å²) in [6, 6.07) is 0. The van der Waals surface area contributed by atoms with E-state index in [-0.39, 0.29) is 6.47 Å². The average Bonchev–Trinajstić information content (AvgIpc) is 2.17. The van der Waals surface area contributed by atoms with Crippen molar-refractivity contribution in [2.75, 3.05) is 0 Å². The number of carboxylic acid groups (broad SMARTS) is 3. The van der Waals surface area contributed by atoms with Crippen LogP contribution >= 0.6 is 0 Å². The number of aliphatic carboxylic acids is 3. The first kappa shape index (κ1) is 14.6. The molecule has 0 aromatic carbocycles. The number of carboxylic acids is 3. The lowest BCUT2D eigenvalue weighted by Gasteiger charge is -2.18. The van der Waals surface area contributed by atoms with Gasteiger partial charge in [0.2, 0.25) is 0 Å². The Morgan fingerprint density at radius 1 is 1.00 bits per heavy atom. The molecule has 94 valence electrons. The molecule has 0 aliphatic carbocycles. The van der Waals surface area contributed by atoms with Crippen LogP contribution in [0, 0.1) is 5.41 Å². The third-order valence-electron chi connectivity index (χ3n) is 1.98. The van der Waals surface area contributed by atoms with Gasteiger partial charge in [-0.15, -0.1) is 0 Å². The zero-order chi connectivity index (χ0) is 13.6. The van der Waals surface area contributed by atoms with E-state index in [4.69, 9.17) is 15.3 Å². The highest BCUT2D eigenvalue weighted by molar-refractivity contribution is 6.16. The molecule has 0 atom stereocenters. The average molecular weight is 248 g/mol. The van der Waals surface area contributed by atoms with Gasteiger partial charge in [0, 0.05) is 6.42 Å². The number of hydrogen-bond acceptors (Lipinski definition) is 6. The van der Waals surface area contributed by atoms with E-state index in [2.05, 4.69) is 4.74 Å². The minimum atomic E-state index is -3.14. The largest absolute Gasteiger partial charge is 0.480 e. The van der Waals surface area contributed by atoms with Crippen LogP contribution in [0.25, 0.3) is 0 Å². The second-order valence-electron chi connectivity index (χ2n) is 2.91. The monoisotopic (exact) mass is 248 g/mol. The van der Waals surface area contributed by atoms with Gasteiger partial charge in [-0.25, -0.2) is 0 Å². The number of rotatable bonds is 7. The van der Waals surface area contributed by atoms with Gasteiger partial charge in [0.15, 0.2) is 0 Å². The summed E-state index contributed by atoms with van der Waals surface area (Å²) in [6.45, 7) is -0.230. The van der Waals surface area contributed by atoms with Crippen LogP contribution in [-0.2, 0) is 28.7 Å². The predicted molar refractivity (Wildman–Crippen MR) is 46.7 cm³/mol. The third kappa shape index (κ3) is 3.00. The van der Waals surface area contributed by atoms with Gasteiger partial charge in [0.25, 0.3) is 5.41 Å². The maximum atomic E-state index is 10.7. The molecule has 0 aliphatic heterocycles. The van der Waals surface area contributed by atoms with Crippen molar-refractivity contribution in [1.82, 2.24) is 0 Å². The summed E-state index contributed by atoms with van der Waals surface area (Å²) in [5.74, 6) is -7.56. The Hall–Kier alpha value is -2.45. The summed E-state index contributed by atoms with van der Waals surface area (Å²) >= 11 is 0. The van der Waals surface area contributed by atoms with Gasteiger partial charge in [0.1, 0.15) is 0 Å². The number of carbonyl (C=O) groups is 5. The summed E-state index contributed by atoms with van der Waals surface area (Å²) in [4.78, 5) is 52.5. The fourth-order valence-corrected chi connectivity index (χ4v) is 0.997. The molecule has 0 amide bonds. The maximum absolute atomic E-state index is 10.7. The fraction of sp³-hybridized carbons (Fsp3) is 0.375. The van der Waals surface area contributed by atoms with E-state index < -0.39 is 42.1 Å². The SMILES string of the molecule is O=COC(=O)CCC(C(=O)O)(C(=O)O)C(=O)O. The van der Waals surface area contributed by atoms with E-state index >= 15 is 0 Å². The zero-order valence-electron chi connectivity index (χ0n) is 8.28. The molecule has 0 spiro atoms. The Morgan fingerprint density at radius 3 is 1.71 bits per heavy atom. The first-order valence-corrected chi connectivity index (χ1v) is 4.12. The molecule has 0 aromatic heterocycles.